The van der Waals surface area contributed by atoms with Crippen LogP contribution in [0, 0.1) is 11.8 Å². The number of nitrogens with zero attached hydrogens (tertiary/aromatic N) is 2. The maximum absolute atomic E-state index is 14.2. The first-order chi connectivity index (χ1) is 37.8. The number of rotatable bonds is 38. The molecule has 1 rings (SSSR count). The van der Waals surface area contributed by atoms with Gasteiger partial charge in [-0.2, -0.15) is 0 Å². The molecular formula is C50H84N16O15. The average Bonchev–Trinajstić information content (AvgIpc) is 3.36. The summed E-state index contributed by atoms with van der Waals surface area (Å²) in [6, 6.07) is -7.83. The molecule has 31 nitrogen and oxygen atoms in total. The number of hydrogen-bond donors (Lipinski definition) is 18. The Morgan fingerprint density at radius 1 is 0.494 bits per heavy atom. The van der Waals surface area contributed by atoms with Crippen LogP contribution in [0.3, 0.4) is 0 Å². The quantitative estimate of drug-likeness (QED) is 0.0167. The molecule has 24 N–H and O–H groups in total. The van der Waals surface area contributed by atoms with Crippen LogP contribution in [0.25, 0.3) is 0 Å². The molecule has 0 heterocycles. The number of primary amides is 1. The molecule has 0 saturated carbocycles. The molecule has 0 aromatic heterocycles. The van der Waals surface area contributed by atoms with Crippen molar-refractivity contribution in [1.82, 2.24) is 42.5 Å². The second kappa shape index (κ2) is 36.0. The van der Waals surface area contributed by atoms with Gasteiger partial charge in [-0.3, -0.25) is 57.9 Å². The number of guanidine groups is 2. The fourth-order valence-corrected chi connectivity index (χ4v) is 7.68. The van der Waals surface area contributed by atoms with Crippen LogP contribution in [0.15, 0.2) is 34.3 Å². The number of carbonyl (C=O) groups excluding carboxylic acids is 9. The van der Waals surface area contributed by atoms with Gasteiger partial charge in [0.15, 0.2) is 11.9 Å². The zero-order valence-electron chi connectivity index (χ0n) is 46.6. The van der Waals surface area contributed by atoms with Crippen molar-refractivity contribution in [1.29, 1.82) is 0 Å². The summed E-state index contributed by atoms with van der Waals surface area (Å²) in [5, 5.41) is 59.5. The van der Waals surface area contributed by atoms with Crippen LogP contribution in [0.2, 0.25) is 0 Å². The van der Waals surface area contributed by atoms with Crippen molar-refractivity contribution in [2.24, 2.45) is 56.2 Å². The van der Waals surface area contributed by atoms with E-state index in [2.05, 4.69) is 52.5 Å². The van der Waals surface area contributed by atoms with E-state index in [1.165, 1.54) is 38.1 Å². The first kappa shape index (κ1) is 70.7. The largest absolute Gasteiger partial charge is 0.508 e. The number of aliphatic imine (C=N–C) groups is 2. The lowest BCUT2D eigenvalue weighted by molar-refractivity contribution is -0.142. The Labute approximate surface area is 469 Å². The normalized spacial score (nSPS) is 14.7. The fourth-order valence-electron chi connectivity index (χ4n) is 7.68. The van der Waals surface area contributed by atoms with Crippen LogP contribution in [0.1, 0.15) is 111 Å². The third-order valence-corrected chi connectivity index (χ3v) is 12.0. The Balaban J connectivity index is 3.58. The number of aliphatic hydroxyl groups excluding tert-OH is 1. The van der Waals surface area contributed by atoms with Gasteiger partial charge in [-0.05, 0) is 94.7 Å². The molecule has 81 heavy (non-hydrogen) atoms. The summed E-state index contributed by atoms with van der Waals surface area (Å²) in [6.45, 7) is 9.45. The monoisotopic (exact) mass is 1150 g/mol. The predicted octanol–water partition coefficient (Wildman–Crippen LogP) is -5.04. The Bertz CT molecular complexity index is 2360. The molecule has 10 atom stereocenters. The van der Waals surface area contributed by atoms with Gasteiger partial charge in [0.25, 0.3) is 0 Å². The van der Waals surface area contributed by atoms with Gasteiger partial charge in [0, 0.05) is 32.4 Å². The molecule has 9 amide bonds. The summed E-state index contributed by atoms with van der Waals surface area (Å²) in [5.74, 6) is -12.5. The van der Waals surface area contributed by atoms with Crippen LogP contribution < -0.4 is 76.9 Å². The second-order valence-corrected chi connectivity index (χ2v) is 20.2. The molecule has 0 radical (unpaired) electrons. The Morgan fingerprint density at radius 2 is 0.914 bits per heavy atom. The maximum atomic E-state index is 14.2. The minimum atomic E-state index is -1.75. The van der Waals surface area contributed by atoms with Crippen molar-refractivity contribution in [2.45, 2.75) is 173 Å². The van der Waals surface area contributed by atoms with Gasteiger partial charge in [-0.25, -0.2) is 4.79 Å². The van der Waals surface area contributed by atoms with Gasteiger partial charge in [-0.1, -0.05) is 39.8 Å². The minimum Gasteiger partial charge on any atom is -0.508 e. The molecule has 0 saturated heterocycles. The maximum Gasteiger partial charge on any atom is 0.326 e. The zero-order valence-corrected chi connectivity index (χ0v) is 46.6. The summed E-state index contributed by atoms with van der Waals surface area (Å²) in [7, 11) is 0. The number of nitrogens with two attached hydrogens (primary N) is 6. The van der Waals surface area contributed by atoms with E-state index in [0.29, 0.717) is 12.0 Å². The van der Waals surface area contributed by atoms with E-state index >= 15 is 0 Å². The third kappa shape index (κ3) is 28.9. The highest BCUT2D eigenvalue weighted by molar-refractivity contribution is 5.98. The first-order valence-electron chi connectivity index (χ1n) is 26.3. The van der Waals surface area contributed by atoms with Crippen LogP contribution in [0.5, 0.6) is 5.75 Å². The number of amides is 9. The van der Waals surface area contributed by atoms with Gasteiger partial charge in [0.1, 0.15) is 54.1 Å². The van der Waals surface area contributed by atoms with Crippen molar-refractivity contribution < 1.29 is 73.2 Å². The molecule has 0 fully saturated rings. The van der Waals surface area contributed by atoms with E-state index in [0.717, 1.165) is 0 Å². The van der Waals surface area contributed by atoms with E-state index in [1.807, 2.05) is 0 Å². The first-order valence-corrected chi connectivity index (χ1v) is 26.3. The lowest BCUT2D eigenvalue weighted by Crippen LogP contribution is -2.62. The van der Waals surface area contributed by atoms with Crippen molar-refractivity contribution in [3.05, 3.63) is 29.8 Å². The van der Waals surface area contributed by atoms with Gasteiger partial charge >= 0.3 is 11.9 Å². The lowest BCUT2D eigenvalue weighted by Gasteiger charge is -2.29. The topological polar surface area (TPSA) is 546 Å². The summed E-state index contributed by atoms with van der Waals surface area (Å²) in [5.41, 5.74) is 33.2. The van der Waals surface area contributed by atoms with Crippen molar-refractivity contribution in [3.63, 3.8) is 0 Å². The van der Waals surface area contributed by atoms with Crippen LogP contribution in [0.4, 0.5) is 0 Å². The van der Waals surface area contributed by atoms with E-state index in [1.54, 1.807) is 27.7 Å². The number of carbonyl (C=O) groups is 11. The Kier molecular flexibility index (Phi) is 31.4. The highest BCUT2D eigenvalue weighted by atomic mass is 16.4. The summed E-state index contributed by atoms with van der Waals surface area (Å²) in [6.07, 6.45) is -3.64. The van der Waals surface area contributed by atoms with Gasteiger partial charge in [-0.15, -0.1) is 0 Å². The predicted molar refractivity (Wildman–Crippen MR) is 294 cm³/mol. The van der Waals surface area contributed by atoms with Crippen LogP contribution in [-0.4, -0.2) is 171 Å². The summed E-state index contributed by atoms with van der Waals surface area (Å²) < 4.78 is 0. The zero-order chi connectivity index (χ0) is 61.7. The summed E-state index contributed by atoms with van der Waals surface area (Å²) >= 11 is 0. The van der Waals surface area contributed by atoms with Crippen molar-refractivity contribution in [2.75, 3.05) is 13.1 Å². The number of aliphatic hydroxyl groups is 1. The molecule has 0 bridgehead atoms. The minimum absolute atomic E-state index is 0.0153. The van der Waals surface area contributed by atoms with Crippen LogP contribution >= 0.6 is 0 Å². The second-order valence-electron chi connectivity index (χ2n) is 20.2. The Morgan fingerprint density at radius 3 is 1.40 bits per heavy atom. The summed E-state index contributed by atoms with van der Waals surface area (Å²) in [4.78, 5) is 153. The number of nitrogens with one attached hydrogen (secondary N) is 8. The molecule has 454 valence electrons. The van der Waals surface area contributed by atoms with Gasteiger partial charge in [0.2, 0.25) is 53.2 Å². The molecule has 0 spiro atoms. The molecule has 0 aliphatic rings. The molecule has 1 aromatic rings. The van der Waals surface area contributed by atoms with E-state index in [9.17, 15) is 73.2 Å². The smallest absolute Gasteiger partial charge is 0.326 e. The third-order valence-electron chi connectivity index (χ3n) is 12.0. The number of carboxylic acids is 2. The molecule has 0 unspecified atom stereocenters. The average molecular weight is 1150 g/mol. The van der Waals surface area contributed by atoms with E-state index in [-0.39, 0.29) is 94.0 Å². The molecule has 0 aliphatic carbocycles. The number of aromatic hydroxyl groups is 1. The van der Waals surface area contributed by atoms with Gasteiger partial charge < -0.3 is 97.4 Å². The van der Waals surface area contributed by atoms with E-state index < -0.39 is 138 Å². The Hall–Kier alpha value is -8.35. The molecule has 1 aromatic carbocycles. The lowest BCUT2D eigenvalue weighted by atomic mass is 10.00. The number of hydrogen-bond acceptors (Lipinski definition) is 16. The number of phenolic OH excluding ortho intramolecular Hbond substituents is 1. The number of carboxylic acid groups (broad SMARTS) is 2. The molecular weight excluding hydrogens is 1060 g/mol. The number of aliphatic carboxylic acids is 2. The fraction of sp³-hybridized carbons (Fsp3) is 0.620. The van der Waals surface area contributed by atoms with Crippen LogP contribution in [-0.2, 0) is 59.2 Å². The van der Waals surface area contributed by atoms with Gasteiger partial charge in [0.05, 0.1) is 12.1 Å². The number of benzene rings is 1. The highest BCUT2D eigenvalue weighted by Gasteiger charge is 2.36. The van der Waals surface area contributed by atoms with E-state index in [4.69, 9.17) is 34.4 Å². The van der Waals surface area contributed by atoms with Crippen molar-refractivity contribution in [3.8, 4) is 5.75 Å². The number of phenols is 1. The van der Waals surface area contributed by atoms with Crippen molar-refractivity contribution >= 4 is 77.0 Å². The molecule has 31 heteroatoms. The standard InChI is InChI=1S/C50H84N16O15/c1-24(2)21-34(45(77)65-36(23-28-11-13-29(68)14-12-28)44(76)59-26(5)40(72)62-33(48(80)81)15-17-37(52)69)64-43(75)32(16-18-38(70)71)60-42(74)31(10-8-20-58-50(55)56)61-47(79)39(27(6)67)66-46(78)35(22-25(3)4)63-41(73)30(51)9-7-19-57-49(53)54/h11-14,24-27,30-36,39,67-68H,7-10,15-23,51H2,1-6H3,(H2,52,69)(H,59,76)(H,60,74)(H,61,79)(H,62,72)(H,63,73)(H,64,75)(H,65,77)(H,66,78)(H,70,71)(H,80,81)(H4,53,54,57)(H4,55,56,58)/t26-,27+,30-,31-,32-,33-,34-,35-,36-,39-/m0/s1. The SMILES string of the molecule is CC(C)C[C@H](NC(=O)[C@H](CCC(=O)O)NC(=O)[C@H](CCCN=C(N)N)NC(=O)[C@@H](NC(=O)[C@H](CC(C)C)NC(=O)[C@@H](N)CCCN=C(N)N)[C@@H](C)O)C(=O)N[C@@H](Cc1ccc(O)cc1)C(=O)N[C@@H](C)C(=O)N[C@@H](CCC(N)=O)C(=O)O. The highest BCUT2D eigenvalue weighted by Crippen LogP contribution is 2.15. The molecule has 0 aliphatic heterocycles.